The third kappa shape index (κ3) is 6.60. The molecule has 0 aromatic heterocycles. The molecule has 0 fully saturated rings. The van der Waals surface area contributed by atoms with Gasteiger partial charge in [-0.05, 0) is 42.3 Å². The van der Waals surface area contributed by atoms with E-state index in [-0.39, 0.29) is 18.4 Å². The molecule has 0 aliphatic rings. The molecule has 3 aromatic carbocycles. The van der Waals surface area contributed by atoms with Gasteiger partial charge in [-0.1, -0.05) is 54.6 Å². The molecular formula is C25H26N2O4. The third-order valence-corrected chi connectivity index (χ3v) is 4.49. The van der Waals surface area contributed by atoms with Crippen molar-refractivity contribution in [1.29, 1.82) is 0 Å². The fourth-order valence-corrected chi connectivity index (χ4v) is 2.96. The summed E-state index contributed by atoms with van der Waals surface area (Å²) in [5.74, 6) is 0.665. The van der Waals surface area contributed by atoms with E-state index in [1.165, 1.54) is 0 Å². The van der Waals surface area contributed by atoms with Crippen molar-refractivity contribution in [1.82, 2.24) is 10.6 Å². The fraction of sp³-hybridized carbons (Fsp3) is 0.200. The number of amides is 2. The van der Waals surface area contributed by atoms with Crippen molar-refractivity contribution in [3.8, 4) is 22.6 Å². The van der Waals surface area contributed by atoms with E-state index in [4.69, 9.17) is 9.47 Å². The van der Waals surface area contributed by atoms with Gasteiger partial charge < -0.3 is 20.1 Å². The van der Waals surface area contributed by atoms with Gasteiger partial charge in [0, 0.05) is 18.7 Å². The Balaban J connectivity index is 1.38. The molecule has 0 unspecified atom stereocenters. The summed E-state index contributed by atoms with van der Waals surface area (Å²) in [5.41, 5.74) is 2.72. The molecule has 0 radical (unpaired) electrons. The van der Waals surface area contributed by atoms with Crippen molar-refractivity contribution in [3.63, 3.8) is 0 Å². The summed E-state index contributed by atoms with van der Waals surface area (Å²) in [7, 11) is 0. The SMILES string of the molecule is CCOc1ccccc1OCC(=O)NCCNC(=O)c1ccc(-c2ccccc2)cc1. The molecule has 0 aliphatic carbocycles. The lowest BCUT2D eigenvalue weighted by atomic mass is 10.0. The van der Waals surface area contributed by atoms with Crippen LogP contribution >= 0.6 is 0 Å². The molecule has 3 aromatic rings. The summed E-state index contributed by atoms with van der Waals surface area (Å²) in [5, 5.41) is 5.52. The first-order valence-electron chi connectivity index (χ1n) is 10.2. The highest BCUT2D eigenvalue weighted by atomic mass is 16.5. The molecular weight excluding hydrogens is 392 g/mol. The summed E-state index contributed by atoms with van der Waals surface area (Å²) >= 11 is 0. The quantitative estimate of drug-likeness (QED) is 0.493. The second kappa shape index (κ2) is 11.4. The minimum absolute atomic E-state index is 0.126. The van der Waals surface area contributed by atoms with Gasteiger partial charge in [0.2, 0.25) is 0 Å². The van der Waals surface area contributed by atoms with E-state index in [1.54, 1.807) is 24.3 Å². The Bertz CT molecular complexity index is 988. The number of benzene rings is 3. The second-order valence-electron chi connectivity index (χ2n) is 6.72. The van der Waals surface area contributed by atoms with Crippen molar-refractivity contribution in [2.45, 2.75) is 6.92 Å². The van der Waals surface area contributed by atoms with E-state index in [9.17, 15) is 9.59 Å². The molecule has 160 valence electrons. The standard InChI is InChI=1S/C25H26N2O4/c1-2-30-22-10-6-7-11-23(22)31-18-24(28)26-16-17-27-25(29)21-14-12-20(13-15-21)19-8-4-3-5-9-19/h3-15H,2,16-18H2,1H3,(H,26,28)(H,27,29). The minimum atomic E-state index is -0.271. The second-order valence-corrected chi connectivity index (χ2v) is 6.72. The molecule has 0 bridgehead atoms. The van der Waals surface area contributed by atoms with Gasteiger partial charge in [0.1, 0.15) is 0 Å². The highest BCUT2D eigenvalue weighted by Crippen LogP contribution is 2.26. The van der Waals surface area contributed by atoms with Crippen LogP contribution in [0, 0.1) is 0 Å². The maximum absolute atomic E-state index is 12.3. The van der Waals surface area contributed by atoms with Crippen LogP contribution in [0.1, 0.15) is 17.3 Å². The smallest absolute Gasteiger partial charge is 0.258 e. The van der Waals surface area contributed by atoms with E-state index in [0.717, 1.165) is 11.1 Å². The highest BCUT2D eigenvalue weighted by Gasteiger charge is 2.08. The number of carbonyl (C=O) groups excluding carboxylic acids is 2. The lowest BCUT2D eigenvalue weighted by molar-refractivity contribution is -0.123. The zero-order valence-electron chi connectivity index (χ0n) is 17.5. The van der Waals surface area contributed by atoms with Crippen molar-refractivity contribution in [2.24, 2.45) is 0 Å². The average molecular weight is 418 g/mol. The zero-order chi connectivity index (χ0) is 21.9. The summed E-state index contributed by atoms with van der Waals surface area (Å²) in [6.07, 6.45) is 0. The molecule has 2 amide bonds. The Kier molecular flexibility index (Phi) is 8.05. The first-order chi connectivity index (χ1) is 15.2. The molecule has 2 N–H and O–H groups in total. The van der Waals surface area contributed by atoms with Gasteiger partial charge in [0.25, 0.3) is 11.8 Å². The molecule has 0 saturated heterocycles. The van der Waals surface area contributed by atoms with Crippen LogP contribution in [0.5, 0.6) is 11.5 Å². The molecule has 6 nitrogen and oxygen atoms in total. The topological polar surface area (TPSA) is 76.7 Å². The Hall–Kier alpha value is -3.80. The van der Waals surface area contributed by atoms with Gasteiger partial charge in [-0.15, -0.1) is 0 Å². The van der Waals surface area contributed by atoms with Gasteiger partial charge in [-0.2, -0.15) is 0 Å². The molecule has 31 heavy (non-hydrogen) atoms. The Labute approximate surface area is 182 Å². The number of nitrogens with one attached hydrogen (secondary N) is 2. The van der Waals surface area contributed by atoms with Crippen LogP contribution in [0.4, 0.5) is 0 Å². The molecule has 6 heteroatoms. The van der Waals surface area contributed by atoms with E-state index in [0.29, 0.717) is 36.8 Å². The summed E-state index contributed by atoms with van der Waals surface area (Å²) in [4.78, 5) is 24.3. The van der Waals surface area contributed by atoms with Crippen LogP contribution < -0.4 is 20.1 Å². The maximum Gasteiger partial charge on any atom is 0.258 e. The maximum atomic E-state index is 12.3. The van der Waals surface area contributed by atoms with Crippen molar-refractivity contribution >= 4 is 11.8 Å². The lowest BCUT2D eigenvalue weighted by Gasteiger charge is -2.12. The van der Waals surface area contributed by atoms with Crippen LogP contribution in [-0.2, 0) is 4.79 Å². The van der Waals surface area contributed by atoms with Gasteiger partial charge in [0.05, 0.1) is 6.61 Å². The normalized spacial score (nSPS) is 10.2. The van der Waals surface area contributed by atoms with Crippen LogP contribution in [0.2, 0.25) is 0 Å². The van der Waals surface area contributed by atoms with E-state index < -0.39 is 0 Å². The number of para-hydroxylation sites is 2. The summed E-state index contributed by atoms with van der Waals surface area (Å²) in [6, 6.07) is 24.6. The molecule has 0 saturated carbocycles. The van der Waals surface area contributed by atoms with Crippen molar-refractivity contribution in [2.75, 3.05) is 26.3 Å². The van der Waals surface area contributed by atoms with E-state index in [1.807, 2.05) is 61.5 Å². The van der Waals surface area contributed by atoms with Gasteiger partial charge in [0.15, 0.2) is 18.1 Å². The Morgan fingerprint density at radius 2 is 1.29 bits per heavy atom. The predicted molar refractivity (Wildman–Crippen MR) is 120 cm³/mol. The first kappa shape index (κ1) is 21.9. The zero-order valence-corrected chi connectivity index (χ0v) is 17.5. The highest BCUT2D eigenvalue weighted by molar-refractivity contribution is 5.94. The Morgan fingerprint density at radius 3 is 1.97 bits per heavy atom. The average Bonchev–Trinajstić information content (AvgIpc) is 2.82. The predicted octanol–water partition coefficient (Wildman–Crippen LogP) is 3.68. The Morgan fingerprint density at radius 1 is 0.710 bits per heavy atom. The molecule has 0 spiro atoms. The number of hydrogen-bond acceptors (Lipinski definition) is 4. The van der Waals surface area contributed by atoms with Gasteiger partial charge in [-0.3, -0.25) is 9.59 Å². The largest absolute Gasteiger partial charge is 0.490 e. The number of carbonyl (C=O) groups is 2. The third-order valence-electron chi connectivity index (χ3n) is 4.49. The van der Waals surface area contributed by atoms with Crippen LogP contribution in [0.25, 0.3) is 11.1 Å². The monoisotopic (exact) mass is 418 g/mol. The van der Waals surface area contributed by atoms with Crippen LogP contribution in [0.15, 0.2) is 78.9 Å². The van der Waals surface area contributed by atoms with Crippen molar-refractivity contribution < 1.29 is 19.1 Å². The first-order valence-corrected chi connectivity index (χ1v) is 10.2. The molecule has 0 aliphatic heterocycles. The molecule has 0 atom stereocenters. The number of rotatable bonds is 10. The van der Waals surface area contributed by atoms with E-state index >= 15 is 0 Å². The van der Waals surface area contributed by atoms with Crippen LogP contribution in [0.3, 0.4) is 0 Å². The molecule has 0 heterocycles. The summed E-state index contributed by atoms with van der Waals surface area (Å²) < 4.78 is 11.0. The van der Waals surface area contributed by atoms with Crippen LogP contribution in [-0.4, -0.2) is 38.1 Å². The minimum Gasteiger partial charge on any atom is -0.490 e. The molecule has 3 rings (SSSR count). The fourth-order valence-electron chi connectivity index (χ4n) is 2.96. The van der Waals surface area contributed by atoms with Crippen molar-refractivity contribution in [3.05, 3.63) is 84.4 Å². The van der Waals surface area contributed by atoms with E-state index in [2.05, 4.69) is 10.6 Å². The lowest BCUT2D eigenvalue weighted by Crippen LogP contribution is -2.36. The number of ether oxygens (including phenoxy) is 2. The number of hydrogen-bond donors (Lipinski definition) is 2. The summed E-state index contributed by atoms with van der Waals surface area (Å²) in [6.45, 7) is 2.90. The van der Waals surface area contributed by atoms with Gasteiger partial charge in [-0.25, -0.2) is 0 Å². The van der Waals surface area contributed by atoms with Gasteiger partial charge >= 0.3 is 0 Å².